The van der Waals surface area contributed by atoms with Crippen LogP contribution in [0.15, 0.2) is 36.7 Å². The fourth-order valence-corrected chi connectivity index (χ4v) is 3.06. The molecule has 4 nitrogen and oxygen atoms in total. The second-order valence-corrected chi connectivity index (χ2v) is 5.94. The van der Waals surface area contributed by atoms with Crippen LogP contribution in [0.3, 0.4) is 0 Å². The molecule has 0 saturated heterocycles. The van der Waals surface area contributed by atoms with Crippen molar-refractivity contribution in [3.8, 4) is 0 Å². The number of aromatic nitrogens is 3. The molecular formula is C17H23N3O. The first kappa shape index (κ1) is 14.3. The van der Waals surface area contributed by atoms with Gasteiger partial charge in [-0.3, -0.25) is 9.67 Å². The van der Waals surface area contributed by atoms with Crippen molar-refractivity contribution in [2.24, 2.45) is 0 Å². The summed E-state index contributed by atoms with van der Waals surface area (Å²) in [6.45, 7) is 0. The van der Waals surface area contributed by atoms with Crippen LogP contribution < -0.4 is 0 Å². The molecule has 0 spiro atoms. The Morgan fingerprint density at radius 2 is 2.05 bits per heavy atom. The third-order valence-corrected chi connectivity index (χ3v) is 4.27. The van der Waals surface area contributed by atoms with E-state index in [-0.39, 0.29) is 6.10 Å². The van der Waals surface area contributed by atoms with Gasteiger partial charge in [0.2, 0.25) is 0 Å². The molecule has 3 rings (SSSR count). The molecule has 1 unspecified atom stereocenters. The minimum atomic E-state index is -0.348. The van der Waals surface area contributed by atoms with Crippen molar-refractivity contribution in [3.63, 3.8) is 0 Å². The highest BCUT2D eigenvalue weighted by Gasteiger charge is 2.18. The molecule has 1 saturated carbocycles. The number of rotatable bonds is 6. The Bertz CT molecular complexity index is 546. The minimum Gasteiger partial charge on any atom is -0.393 e. The van der Waals surface area contributed by atoms with Crippen molar-refractivity contribution in [1.82, 2.24) is 14.8 Å². The monoisotopic (exact) mass is 285 g/mol. The summed E-state index contributed by atoms with van der Waals surface area (Å²) in [6, 6.07) is 8.52. The van der Waals surface area contributed by atoms with Crippen molar-refractivity contribution in [2.75, 3.05) is 0 Å². The molecule has 0 radical (unpaired) electrons. The summed E-state index contributed by atoms with van der Waals surface area (Å²) < 4.78 is 2.09. The van der Waals surface area contributed by atoms with Crippen LogP contribution in [0.1, 0.15) is 49.5 Å². The zero-order valence-electron chi connectivity index (χ0n) is 12.4. The number of aryl methyl sites for hydroxylation is 1. The topological polar surface area (TPSA) is 50.9 Å². The van der Waals surface area contributed by atoms with Gasteiger partial charge in [0, 0.05) is 24.5 Å². The van der Waals surface area contributed by atoms with E-state index in [0.717, 1.165) is 24.2 Å². The van der Waals surface area contributed by atoms with E-state index in [1.807, 2.05) is 24.3 Å². The largest absolute Gasteiger partial charge is 0.393 e. The third-order valence-electron chi connectivity index (χ3n) is 4.27. The predicted octanol–water partition coefficient (Wildman–Crippen LogP) is 2.93. The van der Waals surface area contributed by atoms with Crippen molar-refractivity contribution in [1.29, 1.82) is 0 Å². The molecule has 2 aromatic rings. The first-order valence-corrected chi connectivity index (χ1v) is 7.93. The number of aliphatic hydroxyl groups is 1. The maximum absolute atomic E-state index is 10.2. The maximum atomic E-state index is 10.2. The average Bonchev–Trinajstić information content (AvgIpc) is 3.17. The first-order chi connectivity index (χ1) is 10.3. The van der Waals surface area contributed by atoms with E-state index in [1.165, 1.54) is 25.7 Å². The van der Waals surface area contributed by atoms with Crippen molar-refractivity contribution >= 4 is 0 Å². The molecule has 0 amide bonds. The zero-order chi connectivity index (χ0) is 14.5. The highest BCUT2D eigenvalue weighted by molar-refractivity contribution is 5.05. The Morgan fingerprint density at radius 3 is 2.81 bits per heavy atom. The second kappa shape index (κ2) is 6.85. The summed E-state index contributed by atoms with van der Waals surface area (Å²) in [6.07, 6.45) is 10.8. The normalized spacial score (nSPS) is 17.2. The van der Waals surface area contributed by atoms with Gasteiger partial charge in [0.15, 0.2) is 0 Å². The first-order valence-electron chi connectivity index (χ1n) is 7.93. The lowest BCUT2D eigenvalue weighted by Gasteiger charge is -2.10. The lowest BCUT2D eigenvalue weighted by molar-refractivity contribution is 0.163. The van der Waals surface area contributed by atoms with Crippen molar-refractivity contribution in [3.05, 3.63) is 48.0 Å². The summed E-state index contributed by atoms with van der Waals surface area (Å²) in [7, 11) is 0. The van der Waals surface area contributed by atoms with Gasteiger partial charge in [-0.15, -0.1) is 0 Å². The van der Waals surface area contributed by atoms with Crippen LogP contribution in [-0.2, 0) is 12.8 Å². The van der Waals surface area contributed by atoms with Crippen LogP contribution >= 0.6 is 0 Å². The van der Waals surface area contributed by atoms with Crippen LogP contribution in [-0.4, -0.2) is 26.0 Å². The fourth-order valence-electron chi connectivity index (χ4n) is 3.06. The van der Waals surface area contributed by atoms with Gasteiger partial charge in [-0.25, -0.2) is 0 Å². The summed E-state index contributed by atoms with van der Waals surface area (Å²) >= 11 is 0. The number of pyridine rings is 1. The van der Waals surface area contributed by atoms with Crippen LogP contribution in [0.4, 0.5) is 0 Å². The van der Waals surface area contributed by atoms with Crippen molar-refractivity contribution in [2.45, 2.75) is 57.1 Å². The Hall–Kier alpha value is -1.68. The molecule has 2 heterocycles. The maximum Gasteiger partial charge on any atom is 0.0650 e. The molecule has 0 bridgehead atoms. The molecule has 1 fully saturated rings. The van der Waals surface area contributed by atoms with Crippen molar-refractivity contribution < 1.29 is 5.11 Å². The molecule has 4 heteroatoms. The number of nitrogens with zero attached hydrogens (tertiary/aromatic N) is 3. The molecule has 112 valence electrons. The lowest BCUT2D eigenvalue weighted by Crippen LogP contribution is -2.13. The van der Waals surface area contributed by atoms with Gasteiger partial charge in [0.25, 0.3) is 0 Å². The van der Waals surface area contributed by atoms with Crippen LogP contribution in [0.2, 0.25) is 0 Å². The van der Waals surface area contributed by atoms with Gasteiger partial charge in [0.05, 0.1) is 17.8 Å². The van der Waals surface area contributed by atoms with Crippen LogP contribution in [0, 0.1) is 0 Å². The Balaban J connectivity index is 1.49. The highest BCUT2D eigenvalue weighted by atomic mass is 16.3. The molecule has 21 heavy (non-hydrogen) atoms. The summed E-state index contributed by atoms with van der Waals surface area (Å²) in [4.78, 5) is 4.28. The standard InChI is InChI=1S/C17H23N3O/c21-17(9-8-14-5-3-4-11-18-14)13-15-10-12-20(19-15)16-6-1-2-7-16/h3-5,10-12,16-17,21H,1-2,6-9,13H2. The molecule has 1 N–H and O–H groups in total. The van der Waals surface area contributed by atoms with Gasteiger partial charge in [-0.05, 0) is 43.9 Å². The van der Waals surface area contributed by atoms with E-state index in [0.29, 0.717) is 12.5 Å². The number of hydrogen-bond acceptors (Lipinski definition) is 3. The van der Waals surface area contributed by atoms with E-state index in [2.05, 4.69) is 21.0 Å². The quantitative estimate of drug-likeness (QED) is 0.888. The predicted molar refractivity (Wildman–Crippen MR) is 82.0 cm³/mol. The van der Waals surface area contributed by atoms with Crippen LogP contribution in [0.25, 0.3) is 0 Å². The number of aliphatic hydroxyl groups excluding tert-OH is 1. The second-order valence-electron chi connectivity index (χ2n) is 5.94. The Labute approximate surface area is 125 Å². The molecular weight excluding hydrogens is 262 g/mol. The third kappa shape index (κ3) is 3.91. The molecule has 0 aromatic carbocycles. The highest BCUT2D eigenvalue weighted by Crippen LogP contribution is 2.28. The van der Waals surface area contributed by atoms with Gasteiger partial charge in [-0.2, -0.15) is 5.10 Å². The molecule has 1 aliphatic carbocycles. The van der Waals surface area contributed by atoms with Gasteiger partial charge in [-0.1, -0.05) is 18.9 Å². The van der Waals surface area contributed by atoms with E-state index in [1.54, 1.807) is 6.20 Å². The van der Waals surface area contributed by atoms with Gasteiger partial charge in [0.1, 0.15) is 0 Å². The molecule has 2 aromatic heterocycles. The van der Waals surface area contributed by atoms with E-state index in [4.69, 9.17) is 0 Å². The van der Waals surface area contributed by atoms with Gasteiger partial charge < -0.3 is 5.11 Å². The smallest absolute Gasteiger partial charge is 0.0650 e. The SMILES string of the molecule is OC(CCc1ccccn1)Cc1ccn(C2CCCC2)n1. The van der Waals surface area contributed by atoms with Gasteiger partial charge >= 0.3 is 0 Å². The summed E-state index contributed by atoms with van der Waals surface area (Å²) in [5.41, 5.74) is 2.03. The van der Waals surface area contributed by atoms with Crippen LogP contribution in [0.5, 0.6) is 0 Å². The Morgan fingerprint density at radius 1 is 1.19 bits per heavy atom. The Kier molecular flexibility index (Phi) is 4.65. The summed E-state index contributed by atoms with van der Waals surface area (Å²) in [5, 5.41) is 14.8. The molecule has 1 aliphatic rings. The number of hydrogen-bond donors (Lipinski definition) is 1. The zero-order valence-corrected chi connectivity index (χ0v) is 12.4. The van der Waals surface area contributed by atoms with E-state index in [9.17, 15) is 5.11 Å². The lowest BCUT2D eigenvalue weighted by atomic mass is 10.1. The molecule has 1 atom stereocenters. The van der Waals surface area contributed by atoms with E-state index < -0.39 is 0 Å². The average molecular weight is 285 g/mol. The minimum absolute atomic E-state index is 0.348. The summed E-state index contributed by atoms with van der Waals surface area (Å²) in [5.74, 6) is 0. The molecule has 0 aliphatic heterocycles. The van der Waals surface area contributed by atoms with E-state index >= 15 is 0 Å². The fraction of sp³-hybridized carbons (Fsp3) is 0.529.